The maximum Gasteiger partial charge on any atom is 0.113 e. The van der Waals surface area contributed by atoms with Crippen LogP contribution in [0.1, 0.15) is 24.6 Å². The molecule has 2 N–H and O–H groups in total. The summed E-state index contributed by atoms with van der Waals surface area (Å²) in [7, 11) is 1.86. The van der Waals surface area contributed by atoms with Gasteiger partial charge in [-0.3, -0.25) is 4.68 Å². The van der Waals surface area contributed by atoms with Crippen LogP contribution in [0.25, 0.3) is 0 Å². The van der Waals surface area contributed by atoms with Gasteiger partial charge < -0.3 is 10.4 Å². The topological polar surface area (TPSA) is 50.1 Å². The van der Waals surface area contributed by atoms with E-state index in [0.29, 0.717) is 0 Å². The summed E-state index contributed by atoms with van der Waals surface area (Å²) in [6.07, 6.45) is 3.59. The molecule has 2 atom stereocenters. The molecule has 0 aliphatic carbocycles. The zero-order valence-electron chi connectivity index (χ0n) is 7.77. The van der Waals surface area contributed by atoms with Crippen LogP contribution in [-0.4, -0.2) is 27.5 Å². The van der Waals surface area contributed by atoms with E-state index in [1.54, 1.807) is 4.68 Å². The van der Waals surface area contributed by atoms with Crippen LogP contribution in [0.2, 0.25) is 0 Å². The number of rotatable bonds is 2. The lowest BCUT2D eigenvalue weighted by Crippen LogP contribution is -2.29. The van der Waals surface area contributed by atoms with Crippen LogP contribution in [0.4, 0.5) is 0 Å². The monoisotopic (exact) mass is 181 g/mol. The minimum absolute atomic E-state index is 0.190. The summed E-state index contributed by atoms with van der Waals surface area (Å²) in [5, 5.41) is 17.3. The SMILES string of the molecule is Cn1ccc(C(O)[C@H]2CCCN2)n1. The van der Waals surface area contributed by atoms with Crippen molar-refractivity contribution in [1.29, 1.82) is 0 Å². The van der Waals surface area contributed by atoms with Gasteiger partial charge in [-0.15, -0.1) is 0 Å². The summed E-state index contributed by atoms with van der Waals surface area (Å²) in [6, 6.07) is 2.06. The van der Waals surface area contributed by atoms with Crippen molar-refractivity contribution in [2.45, 2.75) is 25.0 Å². The standard InChI is InChI=1S/C9H15N3O/c1-12-6-4-8(11-12)9(13)7-3-2-5-10-7/h4,6-7,9-10,13H,2-3,5H2,1H3/t7-,9?/m1/s1. The van der Waals surface area contributed by atoms with E-state index in [-0.39, 0.29) is 6.04 Å². The molecule has 0 bridgehead atoms. The van der Waals surface area contributed by atoms with E-state index < -0.39 is 6.10 Å². The second-order valence-corrected chi connectivity index (χ2v) is 3.56. The van der Waals surface area contributed by atoms with Gasteiger partial charge in [0.05, 0.1) is 5.69 Å². The second-order valence-electron chi connectivity index (χ2n) is 3.56. The number of hydrogen-bond acceptors (Lipinski definition) is 3. The summed E-state index contributed by atoms with van der Waals surface area (Å²) in [5.74, 6) is 0. The smallest absolute Gasteiger partial charge is 0.113 e. The molecule has 72 valence electrons. The van der Waals surface area contributed by atoms with E-state index in [9.17, 15) is 5.11 Å². The van der Waals surface area contributed by atoms with Gasteiger partial charge in [-0.2, -0.15) is 5.10 Å². The molecule has 2 rings (SSSR count). The van der Waals surface area contributed by atoms with Gasteiger partial charge in [-0.25, -0.2) is 0 Å². The molecule has 0 amide bonds. The molecule has 2 heterocycles. The van der Waals surface area contributed by atoms with Crippen molar-refractivity contribution in [3.63, 3.8) is 0 Å². The fourth-order valence-corrected chi connectivity index (χ4v) is 1.78. The molecule has 0 saturated carbocycles. The van der Waals surface area contributed by atoms with E-state index >= 15 is 0 Å². The van der Waals surface area contributed by atoms with Gasteiger partial charge in [-0.05, 0) is 25.5 Å². The fraction of sp³-hybridized carbons (Fsp3) is 0.667. The van der Waals surface area contributed by atoms with E-state index in [0.717, 1.165) is 25.1 Å². The number of nitrogens with one attached hydrogen (secondary N) is 1. The number of aliphatic hydroxyl groups excluding tert-OH is 1. The first-order valence-corrected chi connectivity index (χ1v) is 4.68. The van der Waals surface area contributed by atoms with Crippen LogP contribution >= 0.6 is 0 Å². The predicted molar refractivity (Wildman–Crippen MR) is 49.2 cm³/mol. The third-order valence-electron chi connectivity index (χ3n) is 2.52. The zero-order valence-corrected chi connectivity index (χ0v) is 7.77. The maximum absolute atomic E-state index is 9.90. The lowest BCUT2D eigenvalue weighted by Gasteiger charge is -2.15. The Balaban J connectivity index is 2.07. The molecule has 1 aliphatic heterocycles. The van der Waals surface area contributed by atoms with Crippen molar-refractivity contribution < 1.29 is 5.11 Å². The number of hydrogen-bond donors (Lipinski definition) is 2. The minimum atomic E-state index is -0.455. The average Bonchev–Trinajstić information content (AvgIpc) is 2.72. The molecule has 4 heteroatoms. The second kappa shape index (κ2) is 3.47. The van der Waals surface area contributed by atoms with Crippen LogP contribution in [0, 0.1) is 0 Å². The Labute approximate surface area is 77.6 Å². The van der Waals surface area contributed by atoms with Gasteiger partial charge >= 0.3 is 0 Å². The fourth-order valence-electron chi connectivity index (χ4n) is 1.78. The molecule has 13 heavy (non-hydrogen) atoms. The summed E-state index contributed by atoms with van der Waals surface area (Å²) in [4.78, 5) is 0. The van der Waals surface area contributed by atoms with Gasteiger partial charge in [0.1, 0.15) is 6.10 Å². The Hall–Kier alpha value is -0.870. The van der Waals surface area contributed by atoms with Gasteiger partial charge in [0, 0.05) is 19.3 Å². The average molecular weight is 181 g/mol. The highest BCUT2D eigenvalue weighted by Gasteiger charge is 2.25. The van der Waals surface area contributed by atoms with E-state index in [2.05, 4.69) is 10.4 Å². The van der Waals surface area contributed by atoms with Crippen molar-refractivity contribution in [2.24, 2.45) is 7.05 Å². The highest BCUT2D eigenvalue weighted by atomic mass is 16.3. The first-order chi connectivity index (χ1) is 6.27. The Bertz CT molecular complexity index is 278. The Kier molecular flexibility index (Phi) is 2.33. The quantitative estimate of drug-likeness (QED) is 0.685. The molecule has 1 fully saturated rings. The van der Waals surface area contributed by atoms with E-state index in [1.807, 2.05) is 19.3 Å². The van der Waals surface area contributed by atoms with Crippen molar-refractivity contribution >= 4 is 0 Å². The van der Waals surface area contributed by atoms with Gasteiger partial charge in [0.2, 0.25) is 0 Å². The first-order valence-electron chi connectivity index (χ1n) is 4.68. The molecule has 0 spiro atoms. The summed E-state index contributed by atoms with van der Waals surface area (Å²) < 4.78 is 1.72. The number of aryl methyl sites for hydroxylation is 1. The Morgan fingerprint density at radius 3 is 3.15 bits per heavy atom. The van der Waals surface area contributed by atoms with Crippen molar-refractivity contribution in [3.05, 3.63) is 18.0 Å². The van der Waals surface area contributed by atoms with Crippen LogP contribution < -0.4 is 5.32 Å². The van der Waals surface area contributed by atoms with Crippen LogP contribution in [-0.2, 0) is 7.05 Å². The normalized spacial score (nSPS) is 24.9. The zero-order chi connectivity index (χ0) is 9.26. The lowest BCUT2D eigenvalue weighted by atomic mass is 10.1. The molecule has 4 nitrogen and oxygen atoms in total. The summed E-state index contributed by atoms with van der Waals surface area (Å²) >= 11 is 0. The number of aliphatic hydroxyl groups is 1. The van der Waals surface area contributed by atoms with E-state index in [4.69, 9.17) is 0 Å². The van der Waals surface area contributed by atoms with Gasteiger partial charge in [-0.1, -0.05) is 0 Å². The largest absolute Gasteiger partial charge is 0.385 e. The van der Waals surface area contributed by atoms with Gasteiger partial charge in [0.15, 0.2) is 0 Å². The van der Waals surface area contributed by atoms with Crippen molar-refractivity contribution in [1.82, 2.24) is 15.1 Å². The van der Waals surface area contributed by atoms with Crippen LogP contribution in [0.5, 0.6) is 0 Å². The Morgan fingerprint density at radius 2 is 2.62 bits per heavy atom. The molecular formula is C9H15N3O. The third kappa shape index (κ3) is 1.73. The highest BCUT2D eigenvalue weighted by Crippen LogP contribution is 2.20. The molecule has 1 aromatic heterocycles. The van der Waals surface area contributed by atoms with Crippen molar-refractivity contribution in [3.8, 4) is 0 Å². The van der Waals surface area contributed by atoms with Crippen LogP contribution in [0.15, 0.2) is 12.3 Å². The molecule has 1 aliphatic rings. The maximum atomic E-state index is 9.90. The molecular weight excluding hydrogens is 166 g/mol. The summed E-state index contributed by atoms with van der Waals surface area (Å²) in [5.41, 5.74) is 0.766. The first kappa shape index (κ1) is 8.72. The number of nitrogens with zero attached hydrogens (tertiary/aromatic N) is 2. The van der Waals surface area contributed by atoms with Gasteiger partial charge in [0.25, 0.3) is 0 Å². The molecule has 1 saturated heterocycles. The van der Waals surface area contributed by atoms with Crippen molar-refractivity contribution in [2.75, 3.05) is 6.54 Å². The van der Waals surface area contributed by atoms with E-state index in [1.165, 1.54) is 0 Å². The highest BCUT2D eigenvalue weighted by molar-refractivity contribution is 5.06. The molecule has 0 radical (unpaired) electrons. The molecule has 1 aromatic rings. The molecule has 1 unspecified atom stereocenters. The number of aromatic nitrogens is 2. The van der Waals surface area contributed by atoms with Crippen LogP contribution in [0.3, 0.4) is 0 Å². The lowest BCUT2D eigenvalue weighted by molar-refractivity contribution is 0.132. The Morgan fingerprint density at radius 1 is 1.77 bits per heavy atom. The minimum Gasteiger partial charge on any atom is -0.385 e. The third-order valence-corrected chi connectivity index (χ3v) is 2.52. The predicted octanol–water partition coefficient (Wildman–Crippen LogP) is 0.205. The molecule has 0 aromatic carbocycles. The summed E-state index contributed by atoms with van der Waals surface area (Å²) in [6.45, 7) is 1.01.